The Hall–Kier alpha value is -1.22. The molecule has 3 atom stereocenters. The molecule has 2 fully saturated rings. The minimum atomic E-state index is 0.0395. The first kappa shape index (κ1) is 24.4. The van der Waals surface area contributed by atoms with Crippen molar-refractivity contribution in [1.82, 2.24) is 20.4 Å². The number of thiocarbonyl (C=S) groups is 1. The molecule has 0 radical (unpaired) electrons. The van der Waals surface area contributed by atoms with E-state index in [2.05, 4.69) is 51.8 Å². The summed E-state index contributed by atoms with van der Waals surface area (Å²) in [6.07, 6.45) is 4.57. The number of carbonyl (C=O) groups excluding carboxylic acids is 1. The summed E-state index contributed by atoms with van der Waals surface area (Å²) in [6.45, 7) is 11.1. The smallest absolute Gasteiger partial charge is 0.239 e. The van der Waals surface area contributed by atoms with Gasteiger partial charge in [0.15, 0.2) is 5.11 Å². The van der Waals surface area contributed by atoms with Crippen LogP contribution in [0.3, 0.4) is 0 Å². The summed E-state index contributed by atoms with van der Waals surface area (Å²) in [7, 11) is 0. The fourth-order valence-electron chi connectivity index (χ4n) is 4.46. The van der Waals surface area contributed by atoms with Crippen LogP contribution in [0.1, 0.15) is 44.4 Å². The average Bonchev–Trinajstić information content (AvgIpc) is 3.28. The molecule has 2 N–H and O–H groups in total. The summed E-state index contributed by atoms with van der Waals surface area (Å²) < 4.78 is 5.44. The zero-order valence-corrected chi connectivity index (χ0v) is 20.6. The molecule has 174 valence electrons. The van der Waals surface area contributed by atoms with Crippen LogP contribution in [0.25, 0.3) is 0 Å². The summed E-state index contributed by atoms with van der Waals surface area (Å²) in [5.74, 6) is 1.23. The van der Waals surface area contributed by atoms with E-state index in [-0.39, 0.29) is 18.5 Å². The number of amides is 1. The average molecular weight is 467 g/mol. The molecule has 1 saturated carbocycles. The molecule has 3 rings (SSSR count). The summed E-state index contributed by atoms with van der Waals surface area (Å²) in [4.78, 5) is 18.5. The van der Waals surface area contributed by atoms with Crippen LogP contribution in [-0.4, -0.2) is 72.8 Å². The van der Waals surface area contributed by atoms with Crippen molar-refractivity contribution < 1.29 is 9.53 Å². The van der Waals surface area contributed by atoms with Gasteiger partial charge in [-0.15, -0.1) is 11.3 Å². The molecule has 2 heterocycles. The SMILES string of the molecule is C[C@H]1[C@H](C)CCC[C@H]1NC(=O)CNC(=S)N(CCCN1CCOCC1)Cc1cccs1. The van der Waals surface area contributed by atoms with E-state index < -0.39 is 0 Å². The molecule has 0 spiro atoms. The molecule has 31 heavy (non-hydrogen) atoms. The Bertz CT molecular complexity index is 679. The van der Waals surface area contributed by atoms with Crippen molar-refractivity contribution >= 4 is 34.6 Å². The first-order valence-electron chi connectivity index (χ1n) is 11.7. The summed E-state index contributed by atoms with van der Waals surface area (Å²) in [6, 6.07) is 4.49. The molecule has 2 aliphatic rings. The van der Waals surface area contributed by atoms with E-state index in [0.717, 1.165) is 58.8 Å². The van der Waals surface area contributed by atoms with E-state index in [9.17, 15) is 4.79 Å². The molecule has 1 aromatic rings. The summed E-state index contributed by atoms with van der Waals surface area (Å²) in [5.41, 5.74) is 0. The normalized spacial score (nSPS) is 24.5. The highest BCUT2D eigenvalue weighted by molar-refractivity contribution is 7.80. The zero-order valence-electron chi connectivity index (χ0n) is 19.0. The van der Waals surface area contributed by atoms with Crippen molar-refractivity contribution in [2.75, 3.05) is 45.9 Å². The molecule has 6 nitrogen and oxygen atoms in total. The fourth-order valence-corrected chi connectivity index (χ4v) is 5.41. The van der Waals surface area contributed by atoms with Crippen molar-refractivity contribution in [3.05, 3.63) is 22.4 Å². The van der Waals surface area contributed by atoms with E-state index in [4.69, 9.17) is 17.0 Å². The van der Waals surface area contributed by atoms with Crippen molar-refractivity contribution in [2.45, 2.75) is 52.1 Å². The second-order valence-corrected chi connectivity index (χ2v) is 10.3. The van der Waals surface area contributed by atoms with Crippen LogP contribution >= 0.6 is 23.6 Å². The molecule has 0 aromatic carbocycles. The maximum absolute atomic E-state index is 12.6. The summed E-state index contributed by atoms with van der Waals surface area (Å²) >= 11 is 7.43. The maximum Gasteiger partial charge on any atom is 0.239 e. The highest BCUT2D eigenvalue weighted by Crippen LogP contribution is 2.29. The van der Waals surface area contributed by atoms with E-state index in [0.29, 0.717) is 16.9 Å². The number of thiophene rings is 1. The predicted molar refractivity (Wildman–Crippen MR) is 131 cm³/mol. The van der Waals surface area contributed by atoms with Gasteiger partial charge in [0.25, 0.3) is 0 Å². The van der Waals surface area contributed by atoms with Crippen molar-refractivity contribution in [2.24, 2.45) is 11.8 Å². The third-order valence-corrected chi connectivity index (χ3v) is 7.94. The lowest BCUT2D eigenvalue weighted by molar-refractivity contribution is -0.121. The highest BCUT2D eigenvalue weighted by atomic mass is 32.1. The van der Waals surface area contributed by atoms with Crippen molar-refractivity contribution in [1.29, 1.82) is 0 Å². The topological polar surface area (TPSA) is 56.8 Å². The molecule has 8 heteroatoms. The predicted octanol–water partition coefficient (Wildman–Crippen LogP) is 3.09. The number of ether oxygens (including phenoxy) is 1. The molecular weight excluding hydrogens is 428 g/mol. The van der Waals surface area contributed by atoms with E-state index in [1.807, 2.05) is 0 Å². The van der Waals surface area contributed by atoms with Gasteiger partial charge < -0.3 is 20.3 Å². The Morgan fingerprint density at radius 3 is 2.87 bits per heavy atom. The fraction of sp³-hybridized carbons (Fsp3) is 0.739. The molecular formula is C23H38N4O2S2. The molecule has 0 unspecified atom stereocenters. The van der Waals surface area contributed by atoms with Gasteiger partial charge in [0.2, 0.25) is 5.91 Å². The van der Waals surface area contributed by atoms with Crippen molar-refractivity contribution in [3.8, 4) is 0 Å². The van der Waals surface area contributed by atoms with Crippen LogP contribution in [0.5, 0.6) is 0 Å². The van der Waals surface area contributed by atoms with Gasteiger partial charge in [-0.25, -0.2) is 0 Å². The van der Waals surface area contributed by atoms with Crippen LogP contribution in [-0.2, 0) is 16.1 Å². The Morgan fingerprint density at radius 1 is 1.32 bits per heavy atom. The highest BCUT2D eigenvalue weighted by Gasteiger charge is 2.28. The van der Waals surface area contributed by atoms with E-state index in [1.165, 1.54) is 17.7 Å². The monoisotopic (exact) mass is 466 g/mol. The van der Waals surface area contributed by atoms with Gasteiger partial charge in [-0.05, 0) is 48.3 Å². The Kier molecular flexibility index (Phi) is 10.0. The number of carbonyl (C=O) groups is 1. The Balaban J connectivity index is 1.45. The lowest BCUT2D eigenvalue weighted by Crippen LogP contribution is -2.49. The van der Waals surface area contributed by atoms with Gasteiger partial charge in [0.05, 0.1) is 26.3 Å². The largest absolute Gasteiger partial charge is 0.379 e. The van der Waals surface area contributed by atoms with Crippen LogP contribution < -0.4 is 10.6 Å². The third kappa shape index (κ3) is 8.00. The van der Waals surface area contributed by atoms with Crippen molar-refractivity contribution in [3.63, 3.8) is 0 Å². The number of nitrogens with one attached hydrogen (secondary N) is 2. The van der Waals surface area contributed by atoms with E-state index in [1.54, 1.807) is 11.3 Å². The molecule has 1 amide bonds. The van der Waals surface area contributed by atoms with Gasteiger partial charge in [-0.2, -0.15) is 0 Å². The van der Waals surface area contributed by atoms with Gasteiger partial charge in [-0.3, -0.25) is 9.69 Å². The van der Waals surface area contributed by atoms with E-state index >= 15 is 0 Å². The third-order valence-electron chi connectivity index (χ3n) is 6.67. The van der Waals surface area contributed by atoms with Crippen LogP contribution in [0.4, 0.5) is 0 Å². The number of hydrogen-bond donors (Lipinski definition) is 2. The molecule has 0 bridgehead atoms. The number of hydrogen-bond acceptors (Lipinski definition) is 5. The minimum Gasteiger partial charge on any atom is -0.379 e. The molecule has 1 saturated heterocycles. The second-order valence-electron chi connectivity index (χ2n) is 8.91. The van der Waals surface area contributed by atoms with Crippen LogP contribution in [0.15, 0.2) is 17.5 Å². The van der Waals surface area contributed by atoms with Gasteiger partial charge >= 0.3 is 0 Å². The minimum absolute atomic E-state index is 0.0395. The standard InChI is InChI=1S/C23H38N4O2S2/c1-18-6-3-8-21(19(18)2)25-22(28)16-24-23(30)27(17-20-7-4-15-31-20)10-5-9-26-11-13-29-14-12-26/h4,7,15,18-19,21H,3,5-6,8-14,16-17H2,1-2H3,(H,24,30)(H,25,28)/t18-,19+,21-/m1/s1. The molecule has 1 aliphatic carbocycles. The van der Waals surface area contributed by atoms with Gasteiger partial charge in [0, 0.05) is 37.1 Å². The Labute approximate surface area is 196 Å². The lowest BCUT2D eigenvalue weighted by atomic mass is 9.78. The first-order valence-corrected chi connectivity index (χ1v) is 13.0. The zero-order chi connectivity index (χ0) is 22.1. The van der Waals surface area contributed by atoms with Crippen LogP contribution in [0.2, 0.25) is 0 Å². The summed E-state index contributed by atoms with van der Waals surface area (Å²) in [5, 5.41) is 9.20. The second kappa shape index (κ2) is 12.7. The molecule has 1 aliphatic heterocycles. The number of rotatable bonds is 9. The van der Waals surface area contributed by atoms with Gasteiger partial charge in [0.1, 0.15) is 0 Å². The lowest BCUT2D eigenvalue weighted by Gasteiger charge is -2.34. The first-order chi connectivity index (χ1) is 15.0. The van der Waals surface area contributed by atoms with Gasteiger partial charge in [-0.1, -0.05) is 32.8 Å². The quantitative estimate of drug-likeness (QED) is 0.546. The number of nitrogens with zero attached hydrogens (tertiary/aromatic N) is 2. The maximum atomic E-state index is 12.6. The number of morpholine rings is 1. The Morgan fingerprint density at radius 2 is 2.13 bits per heavy atom. The van der Waals surface area contributed by atoms with Crippen LogP contribution in [0, 0.1) is 11.8 Å². The molecule has 1 aromatic heterocycles.